The van der Waals surface area contributed by atoms with E-state index in [1.54, 1.807) is 6.92 Å². The fraction of sp³-hybridized carbons (Fsp3) is 0.529. The summed E-state index contributed by atoms with van der Waals surface area (Å²) in [6.45, 7) is 2.00. The summed E-state index contributed by atoms with van der Waals surface area (Å²) in [5.74, 6) is -0.714. The van der Waals surface area contributed by atoms with Gasteiger partial charge in [-0.1, -0.05) is 30.3 Å². The first-order valence-corrected chi connectivity index (χ1v) is 7.76. The van der Waals surface area contributed by atoms with E-state index in [2.05, 4.69) is 0 Å². The number of carbonyl (C=O) groups excluding carboxylic acids is 2. The maximum Gasteiger partial charge on any atom is 0.410 e. The zero-order valence-corrected chi connectivity index (χ0v) is 13.5. The van der Waals surface area contributed by atoms with E-state index < -0.39 is 12.2 Å². The van der Waals surface area contributed by atoms with Crippen LogP contribution in [-0.4, -0.2) is 47.9 Å². The van der Waals surface area contributed by atoms with Crippen LogP contribution in [-0.2, 0) is 20.9 Å². The minimum Gasteiger partial charge on any atom is -0.469 e. The van der Waals surface area contributed by atoms with Crippen LogP contribution in [0.3, 0.4) is 0 Å². The van der Waals surface area contributed by atoms with Gasteiger partial charge in [-0.05, 0) is 25.3 Å². The van der Waals surface area contributed by atoms with Crippen molar-refractivity contribution in [2.45, 2.75) is 38.5 Å². The van der Waals surface area contributed by atoms with Gasteiger partial charge in [0.05, 0.1) is 25.2 Å². The highest BCUT2D eigenvalue weighted by Gasteiger charge is 2.38. The fourth-order valence-electron chi connectivity index (χ4n) is 2.86. The van der Waals surface area contributed by atoms with Crippen LogP contribution in [0.2, 0.25) is 0 Å². The van der Waals surface area contributed by atoms with Crippen LogP contribution in [0.5, 0.6) is 0 Å². The molecule has 1 amide bonds. The highest BCUT2D eigenvalue weighted by molar-refractivity contribution is 5.75. The lowest BCUT2D eigenvalue weighted by Crippen LogP contribution is -2.53. The second-order valence-electron chi connectivity index (χ2n) is 5.80. The average Bonchev–Trinajstić information content (AvgIpc) is 2.59. The molecule has 0 aliphatic carbocycles. The molecule has 1 heterocycles. The van der Waals surface area contributed by atoms with E-state index in [0.717, 1.165) is 5.56 Å². The number of hydrogen-bond donors (Lipinski definition) is 1. The van der Waals surface area contributed by atoms with Crippen molar-refractivity contribution in [3.05, 3.63) is 35.9 Å². The molecule has 0 aromatic heterocycles. The molecule has 126 valence electrons. The molecule has 0 spiro atoms. The lowest BCUT2D eigenvalue weighted by molar-refractivity contribution is -0.148. The molecule has 3 atom stereocenters. The molecular formula is C17H23NO5. The third-order valence-electron chi connectivity index (χ3n) is 4.16. The first-order valence-electron chi connectivity index (χ1n) is 7.76. The molecule has 1 fully saturated rings. The van der Waals surface area contributed by atoms with E-state index in [1.165, 1.54) is 12.0 Å². The van der Waals surface area contributed by atoms with Crippen molar-refractivity contribution in [3.63, 3.8) is 0 Å². The van der Waals surface area contributed by atoms with Gasteiger partial charge in [0.15, 0.2) is 0 Å². The average molecular weight is 321 g/mol. The highest BCUT2D eigenvalue weighted by atomic mass is 16.6. The summed E-state index contributed by atoms with van der Waals surface area (Å²) < 4.78 is 10.1. The second-order valence-corrected chi connectivity index (χ2v) is 5.80. The van der Waals surface area contributed by atoms with Crippen molar-refractivity contribution in [3.8, 4) is 0 Å². The van der Waals surface area contributed by atoms with Crippen molar-refractivity contribution >= 4 is 12.1 Å². The van der Waals surface area contributed by atoms with Gasteiger partial charge in [-0.2, -0.15) is 0 Å². The Morgan fingerprint density at radius 2 is 2.00 bits per heavy atom. The number of aliphatic hydroxyl groups excluding tert-OH is 1. The number of aliphatic hydroxyl groups is 1. The molecule has 3 unspecified atom stereocenters. The van der Waals surface area contributed by atoms with Crippen molar-refractivity contribution in [1.82, 2.24) is 4.90 Å². The SMILES string of the molecule is COC(=O)C1CCC(C(C)O)N(C(=O)OCc2ccccc2)C1. The molecule has 1 aromatic carbocycles. The Hall–Kier alpha value is -2.08. The van der Waals surface area contributed by atoms with Gasteiger partial charge >= 0.3 is 12.1 Å². The Labute approximate surface area is 136 Å². The van der Waals surface area contributed by atoms with Crippen molar-refractivity contribution < 1.29 is 24.2 Å². The summed E-state index contributed by atoms with van der Waals surface area (Å²) in [4.78, 5) is 25.6. The number of hydrogen-bond acceptors (Lipinski definition) is 5. The number of ether oxygens (including phenoxy) is 2. The van der Waals surface area contributed by atoms with Crippen LogP contribution in [0.25, 0.3) is 0 Å². The summed E-state index contributed by atoms with van der Waals surface area (Å²) >= 11 is 0. The lowest BCUT2D eigenvalue weighted by Gasteiger charge is -2.39. The van der Waals surface area contributed by atoms with Crippen molar-refractivity contribution in [2.75, 3.05) is 13.7 Å². The summed E-state index contributed by atoms with van der Waals surface area (Å²) in [5.41, 5.74) is 0.885. The minimum absolute atomic E-state index is 0.158. The number of esters is 1. The number of rotatable bonds is 4. The number of nitrogens with zero attached hydrogens (tertiary/aromatic N) is 1. The Morgan fingerprint density at radius 3 is 2.61 bits per heavy atom. The quantitative estimate of drug-likeness (QED) is 0.858. The Bertz CT molecular complexity index is 531. The molecular weight excluding hydrogens is 298 g/mol. The molecule has 6 heteroatoms. The topological polar surface area (TPSA) is 76.1 Å². The second kappa shape index (κ2) is 7.97. The molecule has 1 N–H and O–H groups in total. The molecule has 0 radical (unpaired) electrons. The molecule has 1 aliphatic rings. The van der Waals surface area contributed by atoms with E-state index >= 15 is 0 Å². The summed E-state index contributed by atoms with van der Waals surface area (Å²) in [7, 11) is 1.33. The van der Waals surface area contributed by atoms with Gasteiger partial charge in [0.2, 0.25) is 0 Å². The predicted octanol–water partition coefficient (Wildman–Crippen LogP) is 1.96. The van der Waals surface area contributed by atoms with Gasteiger partial charge in [-0.25, -0.2) is 4.79 Å². The Balaban J connectivity index is 2.01. The standard InChI is InChI=1S/C17H23NO5/c1-12(19)15-9-8-14(16(20)22-2)10-18(15)17(21)23-11-13-6-4-3-5-7-13/h3-7,12,14-15,19H,8-11H2,1-2H3. The molecule has 6 nitrogen and oxygen atoms in total. The predicted molar refractivity (Wildman–Crippen MR) is 83.5 cm³/mol. The van der Waals surface area contributed by atoms with Gasteiger partial charge in [0.25, 0.3) is 0 Å². The molecule has 23 heavy (non-hydrogen) atoms. The van der Waals surface area contributed by atoms with Gasteiger partial charge in [-0.15, -0.1) is 0 Å². The zero-order chi connectivity index (χ0) is 16.8. The maximum atomic E-state index is 12.4. The maximum absolute atomic E-state index is 12.4. The van der Waals surface area contributed by atoms with E-state index in [0.29, 0.717) is 12.8 Å². The Morgan fingerprint density at radius 1 is 1.30 bits per heavy atom. The van der Waals surface area contributed by atoms with Crippen LogP contribution in [0, 0.1) is 5.92 Å². The summed E-state index contributed by atoms with van der Waals surface area (Å²) in [5, 5.41) is 9.90. The van der Waals surface area contributed by atoms with Gasteiger partial charge in [-0.3, -0.25) is 4.79 Å². The van der Waals surface area contributed by atoms with Crippen LogP contribution < -0.4 is 0 Å². The zero-order valence-electron chi connectivity index (χ0n) is 13.5. The number of benzene rings is 1. The van der Waals surface area contributed by atoms with Gasteiger partial charge < -0.3 is 19.5 Å². The van der Waals surface area contributed by atoms with E-state index in [4.69, 9.17) is 9.47 Å². The number of amides is 1. The van der Waals surface area contributed by atoms with E-state index in [9.17, 15) is 14.7 Å². The van der Waals surface area contributed by atoms with E-state index in [-0.39, 0.29) is 31.1 Å². The number of carbonyl (C=O) groups is 2. The van der Waals surface area contributed by atoms with Gasteiger partial charge in [0, 0.05) is 6.54 Å². The number of likely N-dealkylation sites (tertiary alicyclic amines) is 1. The normalized spacial score (nSPS) is 22.3. The molecule has 0 saturated carbocycles. The molecule has 1 aromatic rings. The smallest absolute Gasteiger partial charge is 0.410 e. The third-order valence-corrected chi connectivity index (χ3v) is 4.16. The minimum atomic E-state index is -0.683. The highest BCUT2D eigenvalue weighted by Crippen LogP contribution is 2.26. The Kier molecular flexibility index (Phi) is 5.98. The van der Waals surface area contributed by atoms with Crippen LogP contribution in [0.1, 0.15) is 25.3 Å². The summed E-state index contributed by atoms with van der Waals surface area (Å²) in [6.07, 6.45) is -0.0750. The molecule has 2 rings (SSSR count). The largest absolute Gasteiger partial charge is 0.469 e. The monoisotopic (exact) mass is 321 g/mol. The lowest BCUT2D eigenvalue weighted by atomic mass is 9.91. The molecule has 1 saturated heterocycles. The van der Waals surface area contributed by atoms with Gasteiger partial charge in [0.1, 0.15) is 6.61 Å². The third kappa shape index (κ3) is 4.45. The van der Waals surface area contributed by atoms with Crippen molar-refractivity contribution in [2.24, 2.45) is 5.92 Å². The first kappa shape index (κ1) is 17.3. The van der Waals surface area contributed by atoms with Crippen LogP contribution in [0.4, 0.5) is 4.79 Å². The number of piperidine rings is 1. The fourth-order valence-corrected chi connectivity index (χ4v) is 2.86. The van der Waals surface area contributed by atoms with Crippen molar-refractivity contribution in [1.29, 1.82) is 0 Å². The van der Waals surface area contributed by atoms with Crippen LogP contribution >= 0.6 is 0 Å². The first-order chi connectivity index (χ1) is 11.0. The summed E-state index contributed by atoms with van der Waals surface area (Å²) in [6, 6.07) is 9.02. The van der Waals surface area contributed by atoms with Crippen LogP contribution in [0.15, 0.2) is 30.3 Å². The molecule has 1 aliphatic heterocycles. The van der Waals surface area contributed by atoms with E-state index in [1.807, 2.05) is 30.3 Å². The molecule has 0 bridgehead atoms. The number of methoxy groups -OCH3 is 1.